The number of rotatable bonds is 2. The van der Waals surface area contributed by atoms with Crippen LogP contribution in [0.15, 0.2) is 24.3 Å². The summed E-state index contributed by atoms with van der Waals surface area (Å²) in [5.74, 6) is 1.27. The minimum atomic E-state index is -0.0497. The summed E-state index contributed by atoms with van der Waals surface area (Å²) in [5, 5.41) is 0. The summed E-state index contributed by atoms with van der Waals surface area (Å²) in [6, 6.07) is 8.92. The lowest BCUT2D eigenvalue weighted by molar-refractivity contribution is -0.165. The van der Waals surface area contributed by atoms with Gasteiger partial charge >= 0.3 is 0 Å². The Morgan fingerprint density at radius 2 is 1.95 bits per heavy atom. The Balaban J connectivity index is 2.07. The Morgan fingerprint density at radius 3 is 2.53 bits per heavy atom. The number of likely N-dealkylation sites (tertiary alicyclic amines) is 1. The zero-order chi connectivity index (χ0) is 13.5. The third-order valence-electron chi connectivity index (χ3n) is 5.00. The smallest absolute Gasteiger partial charge is 0.101 e. The summed E-state index contributed by atoms with van der Waals surface area (Å²) in [6.45, 7) is 2.33. The molecule has 0 amide bonds. The van der Waals surface area contributed by atoms with Gasteiger partial charge in [-0.2, -0.15) is 0 Å². The molecule has 0 spiro atoms. The Kier molecular flexibility index (Phi) is 3.89. The highest BCUT2D eigenvalue weighted by Crippen LogP contribution is 2.51. The van der Waals surface area contributed by atoms with Crippen LogP contribution in [0, 0.1) is 15.4 Å². The third-order valence-corrected chi connectivity index (χ3v) is 5.67. The molecule has 0 radical (unpaired) electrons. The van der Waals surface area contributed by atoms with Crippen molar-refractivity contribution in [2.45, 2.75) is 24.9 Å². The van der Waals surface area contributed by atoms with Crippen molar-refractivity contribution in [1.82, 2.24) is 4.90 Å². The van der Waals surface area contributed by atoms with E-state index in [9.17, 15) is 0 Å². The number of halogens is 1. The van der Waals surface area contributed by atoms with Crippen LogP contribution in [-0.2, 0) is 10.3 Å². The molecule has 0 unspecified atom stereocenters. The number of ether oxygens (including phenoxy) is 1. The first-order valence-corrected chi connectivity index (χ1v) is 8.24. The highest BCUT2D eigenvalue weighted by Gasteiger charge is 2.52. The highest BCUT2D eigenvalue weighted by atomic mass is 127. The third kappa shape index (κ3) is 2.24. The van der Waals surface area contributed by atoms with Crippen molar-refractivity contribution in [3.63, 3.8) is 0 Å². The number of methoxy groups -OCH3 is 1. The Hall–Kier alpha value is -0.130. The van der Waals surface area contributed by atoms with Crippen LogP contribution in [0.25, 0.3) is 0 Å². The molecule has 1 aromatic carbocycles. The zero-order valence-electron chi connectivity index (χ0n) is 11.7. The van der Waals surface area contributed by atoms with E-state index in [0.29, 0.717) is 11.8 Å². The van der Waals surface area contributed by atoms with Gasteiger partial charge in [0.25, 0.3) is 0 Å². The monoisotopic (exact) mass is 371 g/mol. The number of hydrogen-bond acceptors (Lipinski definition) is 2. The molecule has 3 atom stereocenters. The SMILES string of the molecule is CO[C@@]1(c2cccc(I)c2)[C@@H]2CCC[C@H]1CN(C)C2. The average Bonchev–Trinajstić information content (AvgIpc) is 2.38. The van der Waals surface area contributed by atoms with Crippen molar-refractivity contribution in [1.29, 1.82) is 0 Å². The minimum absolute atomic E-state index is 0.0497. The van der Waals surface area contributed by atoms with E-state index < -0.39 is 0 Å². The molecule has 19 heavy (non-hydrogen) atoms. The first kappa shape index (κ1) is 13.8. The molecule has 1 aromatic rings. The summed E-state index contributed by atoms with van der Waals surface area (Å²) < 4.78 is 7.51. The largest absolute Gasteiger partial charge is 0.373 e. The zero-order valence-corrected chi connectivity index (χ0v) is 13.9. The van der Waals surface area contributed by atoms with Crippen molar-refractivity contribution < 1.29 is 4.74 Å². The van der Waals surface area contributed by atoms with E-state index in [1.165, 1.54) is 28.4 Å². The van der Waals surface area contributed by atoms with Crippen LogP contribution in [0.4, 0.5) is 0 Å². The summed E-state index contributed by atoms with van der Waals surface area (Å²) >= 11 is 2.41. The van der Waals surface area contributed by atoms with Gasteiger partial charge < -0.3 is 9.64 Å². The van der Waals surface area contributed by atoms with Gasteiger partial charge in [0.2, 0.25) is 0 Å². The Morgan fingerprint density at radius 1 is 1.26 bits per heavy atom. The number of fused-ring (bicyclic) bond motifs is 2. The van der Waals surface area contributed by atoms with Gasteiger partial charge in [-0.1, -0.05) is 18.6 Å². The maximum Gasteiger partial charge on any atom is 0.101 e. The highest BCUT2D eigenvalue weighted by molar-refractivity contribution is 14.1. The van der Waals surface area contributed by atoms with Crippen LogP contribution in [0.3, 0.4) is 0 Å². The van der Waals surface area contributed by atoms with E-state index in [2.05, 4.69) is 58.8 Å². The summed E-state index contributed by atoms with van der Waals surface area (Å²) in [5.41, 5.74) is 1.34. The lowest BCUT2D eigenvalue weighted by Gasteiger charge is -2.54. The maximum atomic E-state index is 6.21. The topological polar surface area (TPSA) is 12.5 Å². The standard InChI is InChI=1S/C16H22INO/c1-18-10-13-6-3-7-14(11-18)16(13,19-2)12-5-4-8-15(17)9-12/h4-5,8-9,13-14H,3,6-7,10-11H2,1-2H3/t13-,14+,16+. The Labute approximate surface area is 129 Å². The van der Waals surface area contributed by atoms with Gasteiger partial charge in [-0.25, -0.2) is 0 Å². The second kappa shape index (κ2) is 5.34. The molecule has 3 rings (SSSR count). The van der Waals surface area contributed by atoms with Crippen molar-refractivity contribution in [3.8, 4) is 0 Å². The first-order chi connectivity index (χ1) is 9.16. The van der Waals surface area contributed by atoms with Gasteiger partial charge in [-0.15, -0.1) is 0 Å². The number of hydrogen-bond donors (Lipinski definition) is 0. The van der Waals surface area contributed by atoms with Gasteiger partial charge in [0.1, 0.15) is 5.60 Å². The fourth-order valence-electron chi connectivity index (χ4n) is 4.31. The first-order valence-electron chi connectivity index (χ1n) is 7.16. The van der Waals surface area contributed by atoms with Crippen LogP contribution in [0.2, 0.25) is 0 Å². The van der Waals surface area contributed by atoms with Crippen molar-refractivity contribution in [3.05, 3.63) is 33.4 Å². The van der Waals surface area contributed by atoms with Gasteiger partial charge in [-0.3, -0.25) is 0 Å². The molecule has 104 valence electrons. The lowest BCUT2D eigenvalue weighted by Crippen LogP contribution is -2.58. The molecule has 0 N–H and O–H groups in total. The fourth-order valence-corrected chi connectivity index (χ4v) is 4.85. The molecule has 1 saturated heterocycles. The summed E-state index contributed by atoms with van der Waals surface area (Å²) in [4.78, 5) is 2.49. The summed E-state index contributed by atoms with van der Waals surface area (Å²) in [7, 11) is 4.16. The second-order valence-corrected chi connectivity index (χ2v) is 7.30. The molecule has 1 heterocycles. The Bertz CT molecular complexity index is 448. The van der Waals surface area contributed by atoms with Gasteiger partial charge in [0.15, 0.2) is 0 Å². The van der Waals surface area contributed by atoms with E-state index in [0.717, 1.165) is 13.1 Å². The molecule has 2 fully saturated rings. The van der Waals surface area contributed by atoms with Crippen molar-refractivity contribution in [2.24, 2.45) is 11.8 Å². The molecule has 1 aliphatic carbocycles. The number of piperidine rings is 1. The predicted octanol–water partition coefficient (Wildman–Crippen LogP) is 3.49. The van der Waals surface area contributed by atoms with Crippen LogP contribution < -0.4 is 0 Å². The van der Waals surface area contributed by atoms with Crippen LogP contribution in [0.1, 0.15) is 24.8 Å². The minimum Gasteiger partial charge on any atom is -0.373 e. The average molecular weight is 371 g/mol. The van der Waals surface area contributed by atoms with Gasteiger partial charge in [0, 0.05) is 35.6 Å². The normalized spacial score (nSPS) is 35.3. The van der Waals surface area contributed by atoms with E-state index in [1.807, 2.05) is 7.11 Å². The molecule has 3 heteroatoms. The molecular formula is C16H22INO. The van der Waals surface area contributed by atoms with E-state index in [1.54, 1.807) is 0 Å². The molecular weight excluding hydrogens is 349 g/mol. The lowest BCUT2D eigenvalue weighted by atomic mass is 9.62. The van der Waals surface area contributed by atoms with E-state index >= 15 is 0 Å². The second-order valence-electron chi connectivity index (χ2n) is 6.05. The number of nitrogens with zero attached hydrogens (tertiary/aromatic N) is 1. The molecule has 0 aromatic heterocycles. The van der Waals surface area contributed by atoms with Crippen molar-refractivity contribution in [2.75, 3.05) is 27.2 Å². The van der Waals surface area contributed by atoms with Crippen LogP contribution in [-0.4, -0.2) is 32.1 Å². The molecule has 1 aliphatic heterocycles. The van der Waals surface area contributed by atoms with E-state index in [4.69, 9.17) is 4.74 Å². The van der Waals surface area contributed by atoms with Crippen molar-refractivity contribution >= 4 is 22.6 Å². The molecule has 2 aliphatic rings. The quantitative estimate of drug-likeness (QED) is 0.738. The van der Waals surface area contributed by atoms with E-state index in [-0.39, 0.29) is 5.60 Å². The van der Waals surface area contributed by atoms with Gasteiger partial charge in [0.05, 0.1) is 0 Å². The molecule has 1 saturated carbocycles. The maximum absolute atomic E-state index is 6.21. The van der Waals surface area contributed by atoms with Gasteiger partial charge in [-0.05, 0) is 60.2 Å². The van der Waals surface area contributed by atoms with Crippen LogP contribution in [0.5, 0.6) is 0 Å². The summed E-state index contributed by atoms with van der Waals surface area (Å²) in [6.07, 6.45) is 3.94. The molecule has 2 bridgehead atoms. The predicted molar refractivity (Wildman–Crippen MR) is 86.2 cm³/mol. The van der Waals surface area contributed by atoms with Crippen LogP contribution >= 0.6 is 22.6 Å². The molecule has 2 nitrogen and oxygen atoms in total. The fraction of sp³-hybridized carbons (Fsp3) is 0.625. The number of benzene rings is 1.